The van der Waals surface area contributed by atoms with Gasteiger partial charge in [0, 0.05) is 6.07 Å². The van der Waals surface area contributed by atoms with Gasteiger partial charge in [0.1, 0.15) is 5.75 Å². The second-order valence-corrected chi connectivity index (χ2v) is 3.63. The molecule has 1 N–H and O–H groups in total. The molecule has 0 spiro atoms. The van der Waals surface area contributed by atoms with Crippen LogP contribution in [0.2, 0.25) is 10.0 Å². The zero-order valence-electron chi connectivity index (χ0n) is 6.99. The Hall–Kier alpha value is -0.490. The first-order valence-electron chi connectivity index (χ1n) is 3.37. The minimum absolute atomic E-state index is 0.0359. The molecule has 0 aliphatic carbocycles. The molecule has 1 aromatic carbocycles. The number of hydrogen-bond donors (Lipinski definition) is 1. The average Bonchev–Trinajstić information content (AvgIpc) is 2.09. The molecule has 1 unspecified atom stereocenters. The zero-order chi connectivity index (χ0) is 10.7. The summed E-state index contributed by atoms with van der Waals surface area (Å²) >= 11 is 9.00. The molecule has 1 atom stereocenters. The molecular formula is C7H6Cl2O4S. The summed E-state index contributed by atoms with van der Waals surface area (Å²) in [7, 11) is 1.41. The summed E-state index contributed by atoms with van der Waals surface area (Å²) in [4.78, 5) is 0. The fraction of sp³-hybridized carbons (Fsp3) is 0.143. The molecule has 0 aliphatic heterocycles. The Bertz CT molecular complexity index is 369. The molecule has 4 nitrogen and oxygen atoms in total. The molecule has 0 amide bonds. The molecule has 1 aromatic rings. The van der Waals surface area contributed by atoms with Crippen molar-refractivity contribution in [2.75, 3.05) is 7.11 Å². The highest BCUT2D eigenvalue weighted by Gasteiger charge is 2.10. The van der Waals surface area contributed by atoms with Crippen molar-refractivity contribution < 1.29 is 17.7 Å². The van der Waals surface area contributed by atoms with E-state index in [0.29, 0.717) is 10.8 Å². The number of rotatable bonds is 3. The van der Waals surface area contributed by atoms with E-state index in [-0.39, 0.29) is 10.8 Å². The van der Waals surface area contributed by atoms with Crippen molar-refractivity contribution in [1.29, 1.82) is 0 Å². The molecule has 14 heavy (non-hydrogen) atoms. The molecule has 0 aromatic heterocycles. The summed E-state index contributed by atoms with van der Waals surface area (Å²) in [5.74, 6) is 0.352. The first-order valence-corrected chi connectivity index (χ1v) is 5.15. The maximum absolute atomic E-state index is 10.4. The second kappa shape index (κ2) is 4.84. The van der Waals surface area contributed by atoms with Gasteiger partial charge in [0.2, 0.25) is 0 Å². The van der Waals surface area contributed by atoms with E-state index in [1.807, 2.05) is 0 Å². The maximum Gasteiger partial charge on any atom is 0.357 e. The Morgan fingerprint density at radius 1 is 1.29 bits per heavy atom. The van der Waals surface area contributed by atoms with E-state index in [1.165, 1.54) is 19.2 Å². The van der Waals surface area contributed by atoms with Gasteiger partial charge in [0.05, 0.1) is 17.2 Å². The molecule has 0 bridgehead atoms. The van der Waals surface area contributed by atoms with Crippen LogP contribution in [0.25, 0.3) is 0 Å². The predicted molar refractivity (Wildman–Crippen MR) is 54.4 cm³/mol. The quantitative estimate of drug-likeness (QED) is 0.845. The molecule has 0 saturated carbocycles. The minimum atomic E-state index is -2.43. The lowest BCUT2D eigenvalue weighted by molar-refractivity contribution is 0.410. The van der Waals surface area contributed by atoms with Gasteiger partial charge in [-0.3, -0.25) is 4.55 Å². The van der Waals surface area contributed by atoms with Gasteiger partial charge in [-0.2, -0.15) is 4.21 Å². The van der Waals surface area contributed by atoms with E-state index in [2.05, 4.69) is 4.18 Å². The van der Waals surface area contributed by atoms with Crippen LogP contribution in [0.3, 0.4) is 0 Å². The van der Waals surface area contributed by atoms with Crippen LogP contribution in [0.5, 0.6) is 11.5 Å². The molecule has 0 radical (unpaired) electrons. The first-order chi connectivity index (χ1) is 6.54. The van der Waals surface area contributed by atoms with Gasteiger partial charge >= 0.3 is 11.4 Å². The molecular weight excluding hydrogens is 251 g/mol. The monoisotopic (exact) mass is 256 g/mol. The fourth-order valence-corrected chi connectivity index (χ4v) is 1.64. The smallest absolute Gasteiger partial charge is 0.357 e. The SMILES string of the molecule is COc1cc(OS(=O)O)c(Cl)cc1Cl. The standard InChI is InChI=1S/C7H6Cl2O4S/c1-12-6-3-7(13-14(10)11)5(9)2-4(6)8/h2-3H,1H3,(H,10,11). The maximum atomic E-state index is 10.4. The average molecular weight is 257 g/mol. The van der Waals surface area contributed by atoms with Crippen molar-refractivity contribution in [3.63, 3.8) is 0 Å². The summed E-state index contributed by atoms with van der Waals surface area (Å²) < 4.78 is 28.2. The number of ether oxygens (including phenoxy) is 1. The van der Waals surface area contributed by atoms with Crippen LogP contribution in [0.15, 0.2) is 12.1 Å². The van der Waals surface area contributed by atoms with Crippen molar-refractivity contribution >= 4 is 34.6 Å². The summed E-state index contributed by atoms with van der Waals surface area (Å²) in [6, 6.07) is 2.70. The Kier molecular flexibility index (Phi) is 4.00. The third kappa shape index (κ3) is 2.75. The fourth-order valence-electron chi connectivity index (χ4n) is 0.808. The van der Waals surface area contributed by atoms with Gasteiger partial charge in [-0.15, -0.1) is 0 Å². The molecule has 0 fully saturated rings. The largest absolute Gasteiger partial charge is 0.495 e. The Morgan fingerprint density at radius 2 is 1.86 bits per heavy atom. The highest BCUT2D eigenvalue weighted by molar-refractivity contribution is 7.74. The Morgan fingerprint density at radius 3 is 2.36 bits per heavy atom. The molecule has 0 aliphatic rings. The predicted octanol–water partition coefficient (Wildman–Crippen LogP) is 2.52. The van der Waals surface area contributed by atoms with Crippen LogP contribution in [0, 0.1) is 0 Å². The normalized spacial score (nSPS) is 12.3. The van der Waals surface area contributed by atoms with Gasteiger partial charge in [-0.05, 0) is 6.07 Å². The van der Waals surface area contributed by atoms with Gasteiger partial charge < -0.3 is 8.92 Å². The van der Waals surface area contributed by atoms with Crippen molar-refractivity contribution in [2.45, 2.75) is 0 Å². The lowest BCUT2D eigenvalue weighted by Gasteiger charge is -2.07. The third-order valence-corrected chi connectivity index (χ3v) is 2.28. The number of benzene rings is 1. The van der Waals surface area contributed by atoms with Crippen molar-refractivity contribution in [3.05, 3.63) is 22.2 Å². The van der Waals surface area contributed by atoms with Crippen LogP contribution in [-0.4, -0.2) is 15.9 Å². The van der Waals surface area contributed by atoms with Crippen molar-refractivity contribution in [1.82, 2.24) is 0 Å². The van der Waals surface area contributed by atoms with E-state index < -0.39 is 11.4 Å². The number of halogens is 2. The highest BCUT2D eigenvalue weighted by Crippen LogP contribution is 2.35. The summed E-state index contributed by atoms with van der Waals surface area (Å²) in [5, 5.41) is 0.437. The molecule has 1 rings (SSSR count). The minimum Gasteiger partial charge on any atom is -0.495 e. The molecule has 78 valence electrons. The van der Waals surface area contributed by atoms with E-state index in [1.54, 1.807) is 0 Å². The molecule has 0 heterocycles. The third-order valence-electron chi connectivity index (χ3n) is 1.37. The van der Waals surface area contributed by atoms with E-state index in [4.69, 9.17) is 32.5 Å². The van der Waals surface area contributed by atoms with Crippen molar-refractivity contribution in [2.24, 2.45) is 0 Å². The Labute approximate surface area is 93.2 Å². The van der Waals surface area contributed by atoms with Gasteiger partial charge in [0.15, 0.2) is 5.75 Å². The summed E-state index contributed by atoms with van der Waals surface area (Å²) in [5.41, 5.74) is 0. The van der Waals surface area contributed by atoms with Crippen LogP contribution in [0.4, 0.5) is 0 Å². The van der Waals surface area contributed by atoms with E-state index >= 15 is 0 Å². The van der Waals surface area contributed by atoms with Gasteiger partial charge in [0.25, 0.3) is 0 Å². The first kappa shape index (κ1) is 11.6. The summed E-state index contributed by atoms with van der Waals surface area (Å²) in [6.45, 7) is 0. The van der Waals surface area contributed by atoms with E-state index in [9.17, 15) is 4.21 Å². The van der Waals surface area contributed by atoms with Crippen LogP contribution < -0.4 is 8.92 Å². The topological polar surface area (TPSA) is 55.8 Å². The lowest BCUT2D eigenvalue weighted by Crippen LogP contribution is -1.98. The Balaban J connectivity index is 3.10. The molecule has 0 saturated heterocycles. The number of hydrogen-bond acceptors (Lipinski definition) is 3. The second-order valence-electron chi connectivity index (χ2n) is 2.22. The van der Waals surface area contributed by atoms with E-state index in [0.717, 1.165) is 0 Å². The zero-order valence-corrected chi connectivity index (χ0v) is 9.32. The molecule has 7 heteroatoms. The van der Waals surface area contributed by atoms with Crippen LogP contribution in [-0.2, 0) is 11.4 Å². The van der Waals surface area contributed by atoms with Crippen LogP contribution >= 0.6 is 23.2 Å². The summed E-state index contributed by atoms with van der Waals surface area (Å²) in [6.07, 6.45) is 0. The van der Waals surface area contributed by atoms with Gasteiger partial charge in [-0.25, -0.2) is 0 Å². The lowest BCUT2D eigenvalue weighted by atomic mass is 10.3. The number of methoxy groups -OCH3 is 1. The highest BCUT2D eigenvalue weighted by atomic mass is 35.5. The van der Waals surface area contributed by atoms with Crippen LogP contribution in [0.1, 0.15) is 0 Å². The van der Waals surface area contributed by atoms with Gasteiger partial charge in [-0.1, -0.05) is 23.2 Å². The van der Waals surface area contributed by atoms with Crippen molar-refractivity contribution in [3.8, 4) is 11.5 Å².